The van der Waals surface area contributed by atoms with Crippen molar-refractivity contribution in [2.45, 2.75) is 27.4 Å². The summed E-state index contributed by atoms with van der Waals surface area (Å²) in [6.07, 6.45) is 0. The molecule has 27 heavy (non-hydrogen) atoms. The number of nitrogens with one attached hydrogen (secondary N) is 1. The third-order valence-electron chi connectivity index (χ3n) is 4.03. The lowest BCUT2D eigenvalue weighted by molar-refractivity contribution is 0.103. The standard InChI is InChI=1S/C22H23NO3S/c1-4-25-19-8-6-18(7-9-19)23-22(24)21-12-17(14-27-21)13-26-20-10-5-15(2)11-16(20)3/h5-12,14H,4,13H2,1-3H3,(H,23,24). The van der Waals surface area contributed by atoms with Crippen molar-refractivity contribution >= 4 is 22.9 Å². The zero-order valence-electron chi connectivity index (χ0n) is 15.7. The van der Waals surface area contributed by atoms with E-state index in [4.69, 9.17) is 9.47 Å². The largest absolute Gasteiger partial charge is 0.494 e. The molecule has 5 heteroatoms. The Morgan fingerprint density at radius 2 is 1.81 bits per heavy atom. The number of thiophene rings is 1. The van der Waals surface area contributed by atoms with Gasteiger partial charge < -0.3 is 14.8 Å². The molecule has 0 fully saturated rings. The Morgan fingerprint density at radius 3 is 2.52 bits per heavy atom. The van der Waals surface area contributed by atoms with Crippen LogP contribution < -0.4 is 14.8 Å². The van der Waals surface area contributed by atoms with Crippen LogP contribution in [0.15, 0.2) is 53.9 Å². The molecule has 0 saturated heterocycles. The molecule has 1 N–H and O–H groups in total. The minimum atomic E-state index is -0.123. The average molecular weight is 381 g/mol. The third-order valence-corrected chi connectivity index (χ3v) is 5.00. The van der Waals surface area contributed by atoms with Crippen LogP contribution in [0.2, 0.25) is 0 Å². The molecular weight excluding hydrogens is 358 g/mol. The molecule has 0 aliphatic carbocycles. The summed E-state index contributed by atoms with van der Waals surface area (Å²) in [5, 5.41) is 4.86. The fourth-order valence-corrected chi connectivity index (χ4v) is 3.48. The van der Waals surface area contributed by atoms with Crippen LogP contribution >= 0.6 is 11.3 Å². The molecule has 1 aromatic heterocycles. The van der Waals surface area contributed by atoms with E-state index in [2.05, 4.69) is 18.3 Å². The van der Waals surface area contributed by atoms with Gasteiger partial charge in [-0.3, -0.25) is 4.79 Å². The van der Waals surface area contributed by atoms with Gasteiger partial charge in [-0.15, -0.1) is 11.3 Å². The van der Waals surface area contributed by atoms with Crippen molar-refractivity contribution in [3.05, 3.63) is 75.5 Å². The Hall–Kier alpha value is -2.79. The number of hydrogen-bond acceptors (Lipinski definition) is 4. The quantitative estimate of drug-likeness (QED) is 0.580. The van der Waals surface area contributed by atoms with E-state index in [1.165, 1.54) is 16.9 Å². The van der Waals surface area contributed by atoms with Gasteiger partial charge in [-0.1, -0.05) is 17.7 Å². The predicted molar refractivity (Wildman–Crippen MR) is 110 cm³/mol. The SMILES string of the molecule is CCOc1ccc(NC(=O)c2cc(COc3ccc(C)cc3C)cs2)cc1. The highest BCUT2D eigenvalue weighted by Crippen LogP contribution is 2.23. The normalized spacial score (nSPS) is 10.5. The lowest BCUT2D eigenvalue weighted by Crippen LogP contribution is -2.10. The highest BCUT2D eigenvalue weighted by atomic mass is 32.1. The van der Waals surface area contributed by atoms with Crippen LogP contribution in [0.5, 0.6) is 11.5 Å². The zero-order valence-corrected chi connectivity index (χ0v) is 16.6. The maximum absolute atomic E-state index is 12.4. The molecular formula is C22H23NO3S. The predicted octanol–water partition coefficient (Wildman–Crippen LogP) is 5.59. The summed E-state index contributed by atoms with van der Waals surface area (Å²) in [7, 11) is 0. The van der Waals surface area contributed by atoms with E-state index in [9.17, 15) is 4.79 Å². The van der Waals surface area contributed by atoms with Crippen LogP contribution in [-0.4, -0.2) is 12.5 Å². The number of rotatable bonds is 7. The van der Waals surface area contributed by atoms with Crippen molar-refractivity contribution in [3.63, 3.8) is 0 Å². The third kappa shape index (κ3) is 5.11. The Kier molecular flexibility index (Phi) is 6.14. The topological polar surface area (TPSA) is 47.6 Å². The monoisotopic (exact) mass is 381 g/mol. The first-order chi connectivity index (χ1) is 13.0. The van der Waals surface area contributed by atoms with E-state index in [0.717, 1.165) is 28.3 Å². The van der Waals surface area contributed by atoms with Gasteiger partial charge in [-0.25, -0.2) is 0 Å². The maximum Gasteiger partial charge on any atom is 0.265 e. The van der Waals surface area contributed by atoms with Gasteiger partial charge in [0.05, 0.1) is 11.5 Å². The van der Waals surface area contributed by atoms with Crippen molar-refractivity contribution < 1.29 is 14.3 Å². The van der Waals surface area contributed by atoms with Gasteiger partial charge in [0.2, 0.25) is 0 Å². The molecule has 0 saturated carbocycles. The van der Waals surface area contributed by atoms with Crippen molar-refractivity contribution in [2.75, 3.05) is 11.9 Å². The van der Waals surface area contributed by atoms with E-state index in [-0.39, 0.29) is 5.91 Å². The molecule has 0 atom stereocenters. The zero-order chi connectivity index (χ0) is 19.2. The molecule has 4 nitrogen and oxygen atoms in total. The van der Waals surface area contributed by atoms with Crippen LogP contribution in [0.25, 0.3) is 0 Å². The molecule has 140 valence electrons. The van der Waals surface area contributed by atoms with E-state index in [1.54, 1.807) is 0 Å². The molecule has 3 aromatic rings. The highest BCUT2D eigenvalue weighted by molar-refractivity contribution is 7.12. The second kappa shape index (κ2) is 8.73. The molecule has 0 unspecified atom stereocenters. The first kappa shape index (κ1) is 19.0. The lowest BCUT2D eigenvalue weighted by atomic mass is 10.1. The number of aryl methyl sites for hydroxylation is 2. The van der Waals surface area contributed by atoms with Gasteiger partial charge in [0.15, 0.2) is 0 Å². The van der Waals surface area contributed by atoms with Crippen LogP contribution in [-0.2, 0) is 6.61 Å². The van der Waals surface area contributed by atoms with Gasteiger partial charge in [-0.05, 0) is 68.1 Å². The molecule has 0 radical (unpaired) electrons. The fraction of sp³-hybridized carbons (Fsp3) is 0.227. The number of benzene rings is 2. The van der Waals surface area contributed by atoms with Gasteiger partial charge in [0, 0.05) is 11.3 Å². The molecule has 1 heterocycles. The average Bonchev–Trinajstić information content (AvgIpc) is 3.12. The van der Waals surface area contributed by atoms with Crippen molar-refractivity contribution in [3.8, 4) is 11.5 Å². The van der Waals surface area contributed by atoms with Crippen LogP contribution in [0, 0.1) is 13.8 Å². The fourth-order valence-electron chi connectivity index (χ4n) is 2.69. The smallest absolute Gasteiger partial charge is 0.265 e. The van der Waals surface area contributed by atoms with Gasteiger partial charge >= 0.3 is 0 Å². The molecule has 1 amide bonds. The number of amides is 1. The second-order valence-corrected chi connectivity index (χ2v) is 7.20. The Labute approximate surface area is 163 Å². The second-order valence-electron chi connectivity index (χ2n) is 6.29. The number of hydrogen-bond donors (Lipinski definition) is 1. The summed E-state index contributed by atoms with van der Waals surface area (Å²) >= 11 is 1.41. The summed E-state index contributed by atoms with van der Waals surface area (Å²) in [5.74, 6) is 1.53. The summed E-state index contributed by atoms with van der Waals surface area (Å²) in [6.45, 7) is 7.09. The molecule has 0 aliphatic heterocycles. The summed E-state index contributed by atoms with van der Waals surface area (Å²) in [4.78, 5) is 13.1. The van der Waals surface area contributed by atoms with Gasteiger partial charge in [-0.2, -0.15) is 0 Å². The minimum absolute atomic E-state index is 0.123. The van der Waals surface area contributed by atoms with E-state index in [1.807, 2.05) is 61.7 Å². The van der Waals surface area contributed by atoms with Crippen LogP contribution in [0.3, 0.4) is 0 Å². The van der Waals surface area contributed by atoms with Gasteiger partial charge in [0.25, 0.3) is 5.91 Å². The number of anilines is 1. The van der Waals surface area contributed by atoms with Crippen molar-refractivity contribution in [1.29, 1.82) is 0 Å². The summed E-state index contributed by atoms with van der Waals surface area (Å²) in [6, 6.07) is 15.3. The molecule has 0 spiro atoms. The van der Waals surface area contributed by atoms with Crippen molar-refractivity contribution in [1.82, 2.24) is 0 Å². The Bertz CT molecular complexity index is 916. The minimum Gasteiger partial charge on any atom is -0.494 e. The molecule has 0 aliphatic rings. The first-order valence-corrected chi connectivity index (χ1v) is 9.75. The Morgan fingerprint density at radius 1 is 1.04 bits per heavy atom. The maximum atomic E-state index is 12.4. The number of carbonyl (C=O) groups is 1. The van der Waals surface area contributed by atoms with Crippen molar-refractivity contribution in [2.24, 2.45) is 0 Å². The van der Waals surface area contributed by atoms with E-state index >= 15 is 0 Å². The van der Waals surface area contributed by atoms with Gasteiger partial charge in [0.1, 0.15) is 18.1 Å². The lowest BCUT2D eigenvalue weighted by Gasteiger charge is -2.08. The molecule has 3 rings (SSSR count). The van der Waals surface area contributed by atoms with Crippen LogP contribution in [0.4, 0.5) is 5.69 Å². The van der Waals surface area contributed by atoms with E-state index < -0.39 is 0 Å². The molecule has 2 aromatic carbocycles. The summed E-state index contributed by atoms with van der Waals surface area (Å²) in [5.41, 5.74) is 4.05. The first-order valence-electron chi connectivity index (χ1n) is 8.87. The van der Waals surface area contributed by atoms with E-state index in [0.29, 0.717) is 18.1 Å². The van der Waals surface area contributed by atoms with Crippen LogP contribution in [0.1, 0.15) is 33.3 Å². The summed E-state index contributed by atoms with van der Waals surface area (Å²) < 4.78 is 11.3. The number of carbonyl (C=O) groups excluding carboxylic acids is 1. The number of ether oxygens (including phenoxy) is 2. The highest BCUT2D eigenvalue weighted by Gasteiger charge is 2.10. The Balaban J connectivity index is 1.58. The molecule has 0 bridgehead atoms.